The van der Waals surface area contributed by atoms with Crippen LogP contribution in [0.25, 0.3) is 0 Å². The van der Waals surface area contributed by atoms with Gasteiger partial charge in [0, 0.05) is 38.3 Å². The van der Waals surface area contributed by atoms with Gasteiger partial charge in [-0.3, -0.25) is 10.4 Å². The van der Waals surface area contributed by atoms with Crippen molar-refractivity contribution in [1.82, 2.24) is 15.6 Å². The van der Waals surface area contributed by atoms with Crippen molar-refractivity contribution in [1.29, 1.82) is 0 Å². The second-order valence-corrected chi connectivity index (χ2v) is 6.11. The lowest BCUT2D eigenvalue weighted by atomic mass is 10.00. The third kappa shape index (κ3) is 3.53. The molecule has 3 aliphatic heterocycles. The average Bonchev–Trinajstić information content (AvgIpc) is 2.59. The van der Waals surface area contributed by atoms with E-state index in [4.69, 9.17) is 17.0 Å². The van der Waals surface area contributed by atoms with Crippen molar-refractivity contribution in [3.8, 4) is 0 Å². The zero-order valence-corrected chi connectivity index (χ0v) is 13.7. The molecule has 2 N–H and O–H groups in total. The first-order valence-electron chi connectivity index (χ1n) is 7.97. The van der Waals surface area contributed by atoms with E-state index < -0.39 is 0 Å². The Labute approximate surface area is 136 Å². The van der Waals surface area contributed by atoms with E-state index in [0.717, 1.165) is 50.3 Å². The van der Waals surface area contributed by atoms with Gasteiger partial charge in [-0.1, -0.05) is 13.0 Å². The number of aliphatic imine (C=N–C) groups is 1. The van der Waals surface area contributed by atoms with Crippen LogP contribution in [0.2, 0.25) is 0 Å². The molecule has 2 saturated heterocycles. The van der Waals surface area contributed by atoms with Crippen molar-refractivity contribution >= 4 is 28.8 Å². The van der Waals surface area contributed by atoms with Crippen molar-refractivity contribution < 1.29 is 4.74 Å². The van der Waals surface area contributed by atoms with Gasteiger partial charge in [0.15, 0.2) is 5.11 Å². The number of ether oxygens (including phenoxy) is 1. The van der Waals surface area contributed by atoms with Crippen LogP contribution in [0.5, 0.6) is 0 Å². The average molecular weight is 321 g/mol. The highest BCUT2D eigenvalue weighted by atomic mass is 32.1. The normalized spacial score (nSPS) is 30.0. The summed E-state index contributed by atoms with van der Waals surface area (Å²) in [5.41, 5.74) is 4.96. The zero-order chi connectivity index (χ0) is 15.4. The molecule has 0 saturated carbocycles. The monoisotopic (exact) mass is 321 g/mol. The number of rotatable bonds is 2. The molecule has 0 spiro atoms. The molecule has 2 unspecified atom stereocenters. The Morgan fingerprint density at radius 1 is 1.64 bits per heavy atom. The van der Waals surface area contributed by atoms with Crippen LogP contribution in [0, 0.1) is 0 Å². The van der Waals surface area contributed by atoms with E-state index >= 15 is 0 Å². The molecule has 7 heteroatoms. The maximum atomic E-state index is 5.72. The van der Waals surface area contributed by atoms with Gasteiger partial charge in [-0.05, 0) is 25.1 Å². The lowest BCUT2D eigenvalue weighted by Crippen LogP contribution is -2.54. The highest BCUT2D eigenvalue weighted by Gasteiger charge is 2.27. The summed E-state index contributed by atoms with van der Waals surface area (Å²) in [6.07, 6.45) is 6.67. The summed E-state index contributed by atoms with van der Waals surface area (Å²) in [7, 11) is 0. The van der Waals surface area contributed by atoms with Crippen LogP contribution in [0.1, 0.15) is 26.2 Å². The third-order valence-corrected chi connectivity index (χ3v) is 4.60. The Morgan fingerprint density at radius 3 is 3.41 bits per heavy atom. The van der Waals surface area contributed by atoms with E-state index in [1.165, 1.54) is 0 Å². The summed E-state index contributed by atoms with van der Waals surface area (Å²) < 4.78 is 5.72. The largest absolute Gasteiger partial charge is 0.371 e. The molecule has 0 aromatic carbocycles. The summed E-state index contributed by atoms with van der Waals surface area (Å²) in [6.45, 7) is 5.70. The molecule has 22 heavy (non-hydrogen) atoms. The maximum Gasteiger partial charge on any atom is 0.189 e. The molecule has 0 aliphatic carbocycles. The Balaban J connectivity index is 1.61. The van der Waals surface area contributed by atoms with E-state index in [1.54, 1.807) is 0 Å². The molecule has 0 aromatic rings. The second kappa shape index (κ2) is 7.30. The summed E-state index contributed by atoms with van der Waals surface area (Å²) in [4.78, 5) is 6.61. The zero-order valence-electron chi connectivity index (χ0n) is 12.9. The number of nitrogens with zero attached hydrogens (tertiary/aromatic N) is 3. The molecule has 0 radical (unpaired) electrons. The molecular formula is C15H23N5OS. The number of nitrogens with one attached hydrogen (secondary N) is 2. The molecule has 6 nitrogen and oxygen atoms in total. The number of hydrogen-bond donors (Lipinski definition) is 2. The van der Waals surface area contributed by atoms with Crippen molar-refractivity contribution in [2.45, 2.75) is 38.3 Å². The van der Waals surface area contributed by atoms with E-state index in [9.17, 15) is 0 Å². The third-order valence-electron chi connectivity index (χ3n) is 4.25. The number of thiocarbonyl (C=S) groups is 1. The fourth-order valence-electron chi connectivity index (χ4n) is 2.93. The van der Waals surface area contributed by atoms with Crippen LogP contribution in [-0.4, -0.2) is 59.8 Å². The molecule has 3 rings (SSSR count). The number of piperazine rings is 1. The Morgan fingerprint density at radius 2 is 2.55 bits per heavy atom. The van der Waals surface area contributed by atoms with Crippen LogP contribution in [0.15, 0.2) is 22.4 Å². The molecule has 3 heterocycles. The highest BCUT2D eigenvalue weighted by Crippen LogP contribution is 2.16. The minimum Gasteiger partial charge on any atom is -0.371 e. The minimum absolute atomic E-state index is 0.0523. The SMILES string of the molecule is CCC1CN(C(=S)N/N=C2/CCOC3CC=CN=C23)CCN1. The topological polar surface area (TPSA) is 61.2 Å². The number of hydrazone groups is 1. The van der Waals surface area contributed by atoms with Gasteiger partial charge < -0.3 is 15.0 Å². The molecule has 3 aliphatic rings. The van der Waals surface area contributed by atoms with Gasteiger partial charge in [0.1, 0.15) is 6.10 Å². The summed E-state index contributed by atoms with van der Waals surface area (Å²) in [6, 6.07) is 0.501. The van der Waals surface area contributed by atoms with E-state index in [0.29, 0.717) is 17.8 Å². The fourth-order valence-corrected chi connectivity index (χ4v) is 3.14. The predicted molar refractivity (Wildman–Crippen MR) is 92.4 cm³/mol. The Bertz CT molecular complexity index is 516. The van der Waals surface area contributed by atoms with Crippen molar-refractivity contribution in [3.05, 3.63) is 12.3 Å². The van der Waals surface area contributed by atoms with Crippen LogP contribution < -0.4 is 10.7 Å². The van der Waals surface area contributed by atoms with Gasteiger partial charge in [-0.25, -0.2) is 0 Å². The quantitative estimate of drug-likeness (QED) is 0.588. The van der Waals surface area contributed by atoms with Crippen LogP contribution in [0.3, 0.4) is 0 Å². The first kappa shape index (κ1) is 15.6. The summed E-state index contributed by atoms with van der Waals surface area (Å²) in [5.74, 6) is 0. The Kier molecular flexibility index (Phi) is 5.17. The first-order chi connectivity index (χ1) is 10.8. The highest BCUT2D eigenvalue weighted by molar-refractivity contribution is 7.80. The molecule has 0 bridgehead atoms. The lowest BCUT2D eigenvalue weighted by Gasteiger charge is -2.34. The number of fused-ring (bicyclic) bond motifs is 1. The molecule has 2 fully saturated rings. The van der Waals surface area contributed by atoms with E-state index in [2.05, 4.69) is 32.7 Å². The number of hydrogen-bond acceptors (Lipinski definition) is 5. The van der Waals surface area contributed by atoms with Crippen molar-refractivity contribution in [2.75, 3.05) is 26.2 Å². The van der Waals surface area contributed by atoms with Gasteiger partial charge in [0.25, 0.3) is 0 Å². The van der Waals surface area contributed by atoms with Crippen molar-refractivity contribution in [3.63, 3.8) is 0 Å². The second-order valence-electron chi connectivity index (χ2n) is 5.73. The van der Waals surface area contributed by atoms with Crippen LogP contribution in [0.4, 0.5) is 0 Å². The Hall–Kier alpha value is -1.31. The van der Waals surface area contributed by atoms with Crippen molar-refractivity contribution in [2.24, 2.45) is 10.1 Å². The predicted octanol–water partition coefficient (Wildman–Crippen LogP) is 1.05. The molecule has 120 valence electrons. The summed E-state index contributed by atoms with van der Waals surface area (Å²) >= 11 is 5.48. The van der Waals surface area contributed by atoms with Gasteiger partial charge in [-0.15, -0.1) is 0 Å². The van der Waals surface area contributed by atoms with E-state index in [1.807, 2.05) is 12.3 Å². The lowest BCUT2D eigenvalue weighted by molar-refractivity contribution is 0.0997. The molecular weight excluding hydrogens is 298 g/mol. The molecule has 0 amide bonds. The minimum atomic E-state index is 0.0523. The maximum absolute atomic E-state index is 5.72. The first-order valence-corrected chi connectivity index (χ1v) is 8.38. The van der Waals surface area contributed by atoms with Gasteiger partial charge in [-0.2, -0.15) is 5.10 Å². The molecule has 2 atom stereocenters. The van der Waals surface area contributed by atoms with Gasteiger partial charge in [0.05, 0.1) is 18.0 Å². The van der Waals surface area contributed by atoms with E-state index in [-0.39, 0.29) is 6.10 Å². The van der Waals surface area contributed by atoms with Gasteiger partial charge in [0.2, 0.25) is 0 Å². The molecule has 0 aromatic heterocycles. The van der Waals surface area contributed by atoms with Crippen LogP contribution >= 0.6 is 12.2 Å². The fraction of sp³-hybridized carbons (Fsp3) is 0.667. The van der Waals surface area contributed by atoms with Crippen LogP contribution in [-0.2, 0) is 4.74 Å². The smallest absolute Gasteiger partial charge is 0.189 e. The van der Waals surface area contributed by atoms with Gasteiger partial charge >= 0.3 is 0 Å². The summed E-state index contributed by atoms with van der Waals surface area (Å²) in [5, 5.41) is 8.70. The standard InChI is InChI=1S/C15H23N5OS/c1-2-11-10-20(8-7-16-11)15(22)19-18-12-5-9-21-13-4-3-6-17-14(12)13/h3,6,11,13,16H,2,4-5,7-10H2,1H3,(H,19,22)/b18-12-.